The molecule has 0 saturated heterocycles. The first-order valence-corrected chi connectivity index (χ1v) is 11.7. The first-order chi connectivity index (χ1) is 14.2. The van der Waals surface area contributed by atoms with Crippen LogP contribution in [0.2, 0.25) is 0 Å². The van der Waals surface area contributed by atoms with Crippen molar-refractivity contribution < 1.29 is 22.7 Å². The predicted molar refractivity (Wildman–Crippen MR) is 114 cm³/mol. The first-order valence-electron chi connectivity index (χ1n) is 9.38. The van der Waals surface area contributed by atoms with E-state index >= 15 is 0 Å². The average Bonchev–Trinajstić information content (AvgIpc) is 3.37. The number of fused-ring (bicyclic) bond motifs is 1. The van der Waals surface area contributed by atoms with E-state index in [1.54, 1.807) is 18.2 Å². The maximum absolute atomic E-state index is 12.4. The van der Waals surface area contributed by atoms with Crippen molar-refractivity contribution in [2.75, 3.05) is 14.1 Å². The van der Waals surface area contributed by atoms with Crippen LogP contribution in [0, 0.1) is 0 Å². The van der Waals surface area contributed by atoms with Crippen LogP contribution >= 0.6 is 11.3 Å². The minimum absolute atomic E-state index is 0.00564. The van der Waals surface area contributed by atoms with Gasteiger partial charge in [-0.1, -0.05) is 6.07 Å². The quantitative estimate of drug-likeness (QED) is 0.368. The van der Waals surface area contributed by atoms with Gasteiger partial charge in [-0.2, -0.15) is 0 Å². The zero-order chi connectivity index (χ0) is 21.9. The van der Waals surface area contributed by atoms with Crippen molar-refractivity contribution in [3.05, 3.63) is 46.4 Å². The van der Waals surface area contributed by atoms with Gasteiger partial charge in [0.1, 0.15) is 12.4 Å². The number of sulfonamides is 1. The molecule has 3 aromatic rings. The number of thiophene rings is 1. The third-order valence-electron chi connectivity index (χ3n) is 4.61. The summed E-state index contributed by atoms with van der Waals surface area (Å²) in [4.78, 5) is 29.3. The monoisotopic (exact) mass is 449 g/mol. The molecule has 0 aliphatic rings. The molecule has 30 heavy (non-hydrogen) atoms. The minimum Gasteiger partial charge on any atom is -0.457 e. The zero-order valence-electron chi connectivity index (χ0n) is 17.0. The molecule has 0 aliphatic heterocycles. The third kappa shape index (κ3) is 4.61. The van der Waals surface area contributed by atoms with Gasteiger partial charge >= 0.3 is 5.97 Å². The van der Waals surface area contributed by atoms with Gasteiger partial charge in [-0.15, -0.1) is 11.3 Å². The summed E-state index contributed by atoms with van der Waals surface area (Å²) in [5, 5.41) is 1.82. The third-order valence-corrected chi connectivity index (χ3v) is 7.33. The molecule has 160 valence electrons. The van der Waals surface area contributed by atoms with Crippen molar-refractivity contribution in [1.82, 2.24) is 13.9 Å². The highest BCUT2D eigenvalue weighted by molar-refractivity contribution is 7.89. The van der Waals surface area contributed by atoms with E-state index in [2.05, 4.69) is 4.98 Å². The second kappa shape index (κ2) is 9.07. The average molecular weight is 450 g/mol. The van der Waals surface area contributed by atoms with Gasteiger partial charge in [-0.25, -0.2) is 17.7 Å². The Hall–Kier alpha value is -2.56. The Morgan fingerprint density at radius 2 is 1.97 bits per heavy atom. The van der Waals surface area contributed by atoms with Gasteiger partial charge in [0.15, 0.2) is 5.78 Å². The number of carbonyl (C=O) groups excluding carboxylic acids is 2. The van der Waals surface area contributed by atoms with Crippen molar-refractivity contribution in [2.45, 2.75) is 37.8 Å². The van der Waals surface area contributed by atoms with Crippen LogP contribution in [0.5, 0.6) is 0 Å². The Balaban J connectivity index is 1.71. The number of rotatable bonds is 9. The normalized spacial score (nSPS) is 11.9. The number of nitrogens with zero attached hydrogens (tertiary/aromatic N) is 3. The number of benzene rings is 1. The molecule has 0 fully saturated rings. The molecule has 0 N–H and O–H groups in total. The lowest BCUT2D eigenvalue weighted by Gasteiger charge is -2.11. The molecule has 2 heterocycles. The molecule has 0 saturated carbocycles. The highest BCUT2D eigenvalue weighted by Gasteiger charge is 2.20. The van der Waals surface area contributed by atoms with E-state index < -0.39 is 16.0 Å². The molecule has 0 radical (unpaired) electrons. The van der Waals surface area contributed by atoms with Crippen LogP contribution in [-0.2, 0) is 32.7 Å². The largest absolute Gasteiger partial charge is 0.457 e. The maximum Gasteiger partial charge on any atom is 0.306 e. The lowest BCUT2D eigenvalue weighted by atomic mass is 10.2. The Morgan fingerprint density at radius 1 is 1.20 bits per heavy atom. The van der Waals surface area contributed by atoms with E-state index in [-0.39, 0.29) is 30.1 Å². The van der Waals surface area contributed by atoms with Gasteiger partial charge in [-0.05, 0) is 36.6 Å². The van der Waals surface area contributed by atoms with Crippen LogP contribution in [0.15, 0.2) is 40.6 Å². The summed E-state index contributed by atoms with van der Waals surface area (Å²) in [5.41, 5.74) is 1.27. The molecular formula is C20H23N3O5S2. The summed E-state index contributed by atoms with van der Waals surface area (Å²) >= 11 is 1.34. The summed E-state index contributed by atoms with van der Waals surface area (Å²) in [7, 11) is -0.630. The number of hydrogen-bond donors (Lipinski definition) is 0. The Kier molecular flexibility index (Phi) is 6.69. The highest BCUT2D eigenvalue weighted by Crippen LogP contribution is 2.22. The SMILES string of the molecule is CCn1c(COC(=O)CCC(=O)c2cccs2)nc2cc(S(=O)(=O)N(C)C)ccc21. The number of aryl methyl sites for hydroxylation is 1. The molecular weight excluding hydrogens is 426 g/mol. The summed E-state index contributed by atoms with van der Waals surface area (Å²) in [5.74, 6) is -0.0484. The van der Waals surface area contributed by atoms with E-state index in [1.807, 2.05) is 16.9 Å². The Morgan fingerprint density at radius 3 is 2.60 bits per heavy atom. The van der Waals surface area contributed by atoms with Crippen LogP contribution < -0.4 is 0 Å². The van der Waals surface area contributed by atoms with Gasteiger partial charge in [0.25, 0.3) is 0 Å². The highest BCUT2D eigenvalue weighted by atomic mass is 32.2. The van der Waals surface area contributed by atoms with Crippen molar-refractivity contribution in [3.8, 4) is 0 Å². The fraction of sp³-hybridized carbons (Fsp3) is 0.350. The molecule has 0 spiro atoms. The molecule has 10 heteroatoms. The molecule has 2 aromatic heterocycles. The summed E-state index contributed by atoms with van der Waals surface area (Å²) < 4.78 is 33.0. The molecule has 0 aliphatic carbocycles. The summed E-state index contributed by atoms with van der Waals surface area (Å²) in [6, 6.07) is 8.28. The van der Waals surface area contributed by atoms with Gasteiger partial charge < -0.3 is 9.30 Å². The molecule has 0 bridgehead atoms. The standard InChI is InChI=1S/C20H23N3O5S2/c1-4-23-16-8-7-14(30(26,27)22(2)3)12-15(16)21-19(23)13-28-20(25)10-9-17(24)18-6-5-11-29-18/h5-8,11-12H,4,9-10,13H2,1-3H3. The van der Waals surface area contributed by atoms with E-state index in [1.165, 1.54) is 37.6 Å². The van der Waals surface area contributed by atoms with Gasteiger partial charge in [0.2, 0.25) is 10.0 Å². The summed E-state index contributed by atoms with van der Waals surface area (Å²) in [6.45, 7) is 2.46. The van der Waals surface area contributed by atoms with Crippen molar-refractivity contribution >= 4 is 44.1 Å². The minimum atomic E-state index is -3.57. The van der Waals surface area contributed by atoms with E-state index in [0.717, 1.165) is 9.82 Å². The number of carbonyl (C=O) groups is 2. The number of ether oxygens (including phenoxy) is 1. The molecule has 0 amide bonds. The summed E-state index contributed by atoms with van der Waals surface area (Å²) in [6.07, 6.45) is 0.0869. The number of aromatic nitrogens is 2. The van der Waals surface area contributed by atoms with Crippen LogP contribution in [0.4, 0.5) is 0 Å². The fourth-order valence-electron chi connectivity index (χ4n) is 2.99. The number of hydrogen-bond acceptors (Lipinski definition) is 7. The number of imidazole rings is 1. The van der Waals surface area contributed by atoms with Crippen molar-refractivity contribution in [1.29, 1.82) is 0 Å². The maximum atomic E-state index is 12.4. The van der Waals surface area contributed by atoms with E-state index in [9.17, 15) is 18.0 Å². The van der Waals surface area contributed by atoms with Crippen LogP contribution in [0.1, 0.15) is 35.3 Å². The van der Waals surface area contributed by atoms with Gasteiger partial charge in [-0.3, -0.25) is 9.59 Å². The molecule has 1 aromatic carbocycles. The van der Waals surface area contributed by atoms with Crippen LogP contribution in [-0.4, -0.2) is 48.1 Å². The predicted octanol–water partition coefficient (Wildman–Crippen LogP) is 3.07. The molecule has 0 unspecified atom stereocenters. The van der Waals surface area contributed by atoms with Gasteiger partial charge in [0.05, 0.1) is 27.2 Å². The molecule has 3 rings (SSSR count). The lowest BCUT2D eigenvalue weighted by molar-refractivity contribution is -0.145. The zero-order valence-corrected chi connectivity index (χ0v) is 18.6. The van der Waals surface area contributed by atoms with Crippen molar-refractivity contribution in [3.63, 3.8) is 0 Å². The first kappa shape index (κ1) is 22.1. The number of ketones is 1. The fourth-order valence-corrected chi connectivity index (χ4v) is 4.60. The second-order valence-corrected chi connectivity index (χ2v) is 9.87. The topological polar surface area (TPSA) is 98.6 Å². The molecule has 0 atom stereocenters. The Bertz CT molecular complexity index is 1160. The van der Waals surface area contributed by atoms with E-state index in [4.69, 9.17) is 4.74 Å². The van der Waals surface area contributed by atoms with E-state index in [0.29, 0.717) is 22.8 Å². The van der Waals surface area contributed by atoms with Crippen molar-refractivity contribution in [2.24, 2.45) is 0 Å². The smallest absolute Gasteiger partial charge is 0.306 e. The van der Waals surface area contributed by atoms with Crippen LogP contribution in [0.25, 0.3) is 11.0 Å². The second-order valence-electron chi connectivity index (χ2n) is 6.77. The molecule has 8 nitrogen and oxygen atoms in total. The Labute approximate surface area is 179 Å². The number of esters is 1. The van der Waals surface area contributed by atoms with Gasteiger partial charge in [0, 0.05) is 27.1 Å². The number of Topliss-reactive ketones (excluding diaryl/α,β-unsaturated/α-hetero) is 1. The van der Waals surface area contributed by atoms with Crippen LogP contribution in [0.3, 0.4) is 0 Å². The lowest BCUT2D eigenvalue weighted by Crippen LogP contribution is -2.22.